The summed E-state index contributed by atoms with van der Waals surface area (Å²) in [4.78, 5) is 30.3. The second kappa shape index (κ2) is 9.59. The molecule has 36 heavy (non-hydrogen) atoms. The van der Waals surface area contributed by atoms with Crippen molar-refractivity contribution in [1.29, 1.82) is 0 Å². The van der Waals surface area contributed by atoms with Gasteiger partial charge >= 0.3 is 0 Å². The first kappa shape index (κ1) is 24.3. The average Bonchev–Trinajstić information content (AvgIpc) is 3.48. The smallest absolute Gasteiger partial charge is 0.283 e. The number of unbranched alkanes of at least 4 members (excludes halogenated alkanes) is 1. The molecule has 186 valence electrons. The summed E-state index contributed by atoms with van der Waals surface area (Å²) in [5.41, 5.74) is 2.24. The number of carbonyl (C=O) groups excluding carboxylic acids is 1. The Morgan fingerprint density at radius 3 is 2.56 bits per heavy atom. The summed E-state index contributed by atoms with van der Waals surface area (Å²) in [6, 6.07) is 11.5. The van der Waals surface area contributed by atoms with Crippen molar-refractivity contribution in [2.24, 2.45) is 5.10 Å². The summed E-state index contributed by atoms with van der Waals surface area (Å²) in [5, 5.41) is 6.54. The standard InChI is InChI=1S/C26H25FN4O3S2/c1-5-6-13-30-24(33)22(26-29(3)19-14-18(34-4)11-12-20(19)35-26)36-25(30)21-15(2)28-31(23(21)32)17-9-7-16(27)8-10-17/h7-12,14H,5-6,13H2,1-4H3/b25-21+,26-22-. The van der Waals surface area contributed by atoms with Gasteiger partial charge in [-0.3, -0.25) is 14.2 Å². The molecule has 7 nitrogen and oxygen atoms in total. The Labute approximate surface area is 215 Å². The van der Waals surface area contributed by atoms with E-state index < -0.39 is 0 Å². The number of aromatic nitrogens is 1. The summed E-state index contributed by atoms with van der Waals surface area (Å²) in [6.45, 7) is 4.33. The summed E-state index contributed by atoms with van der Waals surface area (Å²) >= 11 is 2.85. The number of nitrogens with zero attached hydrogens (tertiary/aromatic N) is 4. The van der Waals surface area contributed by atoms with Crippen LogP contribution in [0.3, 0.4) is 0 Å². The molecule has 5 rings (SSSR count). The fourth-order valence-corrected chi connectivity index (χ4v) is 6.76. The van der Waals surface area contributed by atoms with E-state index >= 15 is 0 Å². The van der Waals surface area contributed by atoms with E-state index in [1.807, 2.05) is 30.1 Å². The van der Waals surface area contributed by atoms with Crippen molar-refractivity contribution in [3.63, 3.8) is 0 Å². The second-order valence-corrected chi connectivity index (χ2v) is 10.5. The molecule has 0 saturated heterocycles. The number of methoxy groups -OCH3 is 1. The number of hydrazone groups is 1. The summed E-state index contributed by atoms with van der Waals surface area (Å²) in [7, 11) is 3.56. The van der Waals surface area contributed by atoms with Crippen LogP contribution in [0.1, 0.15) is 26.7 Å². The summed E-state index contributed by atoms with van der Waals surface area (Å²) < 4.78 is 21.7. The van der Waals surface area contributed by atoms with Gasteiger partial charge in [-0.2, -0.15) is 10.1 Å². The molecule has 3 heterocycles. The Morgan fingerprint density at radius 2 is 1.86 bits per heavy atom. The molecule has 2 aliphatic rings. The van der Waals surface area contributed by atoms with Gasteiger partial charge in [0.2, 0.25) is 0 Å². The first-order valence-corrected chi connectivity index (χ1v) is 13.2. The van der Waals surface area contributed by atoms with Crippen molar-refractivity contribution in [3.05, 3.63) is 67.8 Å². The molecule has 0 radical (unpaired) electrons. The van der Waals surface area contributed by atoms with Crippen LogP contribution in [0, 0.1) is 5.82 Å². The number of amides is 1. The third kappa shape index (κ3) is 4.04. The number of ether oxygens (including phenoxy) is 1. The molecule has 1 amide bonds. The number of thioether (sulfide) groups is 1. The molecule has 3 aromatic rings. The Morgan fingerprint density at radius 1 is 1.11 bits per heavy atom. The van der Waals surface area contributed by atoms with Crippen LogP contribution in [0.4, 0.5) is 15.8 Å². The van der Waals surface area contributed by atoms with Crippen LogP contribution in [0.5, 0.6) is 5.75 Å². The maximum atomic E-state index is 13.7. The quantitative estimate of drug-likeness (QED) is 0.509. The van der Waals surface area contributed by atoms with Gasteiger partial charge < -0.3 is 9.64 Å². The number of rotatable bonds is 5. The van der Waals surface area contributed by atoms with Gasteiger partial charge in [-0.25, -0.2) is 4.39 Å². The van der Waals surface area contributed by atoms with Gasteiger partial charge in [-0.1, -0.05) is 25.1 Å². The highest BCUT2D eigenvalue weighted by molar-refractivity contribution is 8.08. The largest absolute Gasteiger partial charge is 0.497 e. The third-order valence-electron chi connectivity index (χ3n) is 6.15. The molecular weight excluding hydrogens is 499 g/mol. The number of hydrogen-bond acceptors (Lipinski definition) is 7. The van der Waals surface area contributed by atoms with Crippen LogP contribution in [0.15, 0.2) is 57.3 Å². The lowest BCUT2D eigenvalue weighted by atomic mass is 10.2. The number of fused-ring (bicyclic) bond motifs is 1. The molecule has 0 fully saturated rings. The molecule has 0 unspecified atom stereocenters. The van der Waals surface area contributed by atoms with E-state index in [-0.39, 0.29) is 17.3 Å². The van der Waals surface area contributed by atoms with Gasteiger partial charge in [-0.05, 0) is 49.7 Å². The second-order valence-electron chi connectivity index (χ2n) is 8.50. The van der Waals surface area contributed by atoms with Crippen molar-refractivity contribution in [2.75, 3.05) is 24.1 Å². The maximum absolute atomic E-state index is 13.7. The molecule has 0 saturated carbocycles. The van der Waals surface area contributed by atoms with Crippen molar-refractivity contribution in [3.8, 4) is 5.75 Å². The highest BCUT2D eigenvalue weighted by Crippen LogP contribution is 2.46. The first-order chi connectivity index (χ1) is 17.3. The monoisotopic (exact) mass is 524 g/mol. The van der Waals surface area contributed by atoms with Crippen LogP contribution in [0.25, 0.3) is 10.6 Å². The van der Waals surface area contributed by atoms with Gasteiger partial charge in [0.15, 0.2) is 0 Å². The van der Waals surface area contributed by atoms with Gasteiger partial charge in [-0.15, -0.1) is 11.3 Å². The van der Waals surface area contributed by atoms with Crippen LogP contribution >= 0.6 is 23.1 Å². The molecule has 10 heteroatoms. The fraction of sp³-hybridized carbons (Fsp3) is 0.269. The molecule has 2 aromatic carbocycles. The number of thiazole rings is 1. The van der Waals surface area contributed by atoms with Crippen LogP contribution < -0.4 is 29.4 Å². The SMILES string of the molecule is CCCCn1c(=O)/c(=C2/Sc3ccc(OC)cc3N2C)s/c1=C1/C(=O)N(c2ccc(F)cc2)N=C1C. The minimum atomic E-state index is -0.388. The van der Waals surface area contributed by atoms with Crippen molar-refractivity contribution < 1.29 is 13.9 Å². The van der Waals surface area contributed by atoms with Gasteiger partial charge in [0.25, 0.3) is 11.5 Å². The number of carbonyl (C=O) groups is 1. The lowest BCUT2D eigenvalue weighted by molar-refractivity contribution is -0.112. The van der Waals surface area contributed by atoms with Gasteiger partial charge in [0, 0.05) is 24.6 Å². The zero-order valence-electron chi connectivity index (χ0n) is 20.4. The Bertz CT molecular complexity index is 1570. The van der Waals surface area contributed by atoms with Crippen molar-refractivity contribution >= 4 is 56.7 Å². The first-order valence-electron chi connectivity index (χ1n) is 11.6. The summed E-state index contributed by atoms with van der Waals surface area (Å²) in [5.74, 6) is 0.0255. The van der Waals surface area contributed by atoms with Crippen molar-refractivity contribution in [2.45, 2.75) is 38.1 Å². The lowest BCUT2D eigenvalue weighted by Gasteiger charge is -2.13. The van der Waals surface area contributed by atoms with Gasteiger partial charge in [0.05, 0.1) is 29.8 Å². The zero-order chi connectivity index (χ0) is 25.6. The van der Waals surface area contributed by atoms with Gasteiger partial charge in [0.1, 0.15) is 25.8 Å². The highest BCUT2D eigenvalue weighted by Gasteiger charge is 2.32. The Kier molecular flexibility index (Phi) is 6.48. The molecule has 0 spiro atoms. The predicted octanol–water partition coefficient (Wildman–Crippen LogP) is 3.74. The topological polar surface area (TPSA) is 67.1 Å². The van der Waals surface area contributed by atoms with E-state index in [9.17, 15) is 14.0 Å². The van der Waals surface area contributed by atoms with E-state index in [4.69, 9.17) is 4.74 Å². The zero-order valence-corrected chi connectivity index (χ0v) is 22.0. The van der Waals surface area contributed by atoms with E-state index in [1.165, 1.54) is 52.4 Å². The van der Waals surface area contributed by atoms with Crippen LogP contribution in [-0.4, -0.2) is 30.3 Å². The number of halogens is 1. The highest BCUT2D eigenvalue weighted by atomic mass is 32.2. The maximum Gasteiger partial charge on any atom is 0.283 e. The third-order valence-corrected chi connectivity index (χ3v) is 8.71. The lowest BCUT2D eigenvalue weighted by Crippen LogP contribution is -2.35. The molecule has 2 aliphatic heterocycles. The predicted molar refractivity (Wildman–Crippen MR) is 144 cm³/mol. The molecule has 1 aromatic heterocycles. The van der Waals surface area contributed by atoms with E-state index in [1.54, 1.807) is 18.6 Å². The minimum Gasteiger partial charge on any atom is -0.497 e. The molecule has 0 bridgehead atoms. The molecule has 0 atom stereocenters. The fourth-order valence-electron chi connectivity index (χ4n) is 4.21. The number of benzene rings is 2. The number of hydrogen-bond donors (Lipinski definition) is 0. The van der Waals surface area contributed by atoms with E-state index in [0.29, 0.717) is 32.7 Å². The molecular formula is C26H25FN4O3S2. The van der Waals surface area contributed by atoms with E-state index in [2.05, 4.69) is 12.0 Å². The van der Waals surface area contributed by atoms with Crippen LogP contribution in [0.2, 0.25) is 0 Å². The number of anilines is 2. The molecule has 0 N–H and O–H groups in total. The normalized spacial score (nSPS) is 18.1. The van der Waals surface area contributed by atoms with Crippen molar-refractivity contribution in [1.82, 2.24) is 4.57 Å². The van der Waals surface area contributed by atoms with Crippen LogP contribution in [-0.2, 0) is 11.3 Å². The molecule has 0 aliphatic carbocycles. The Hall–Kier alpha value is -3.37. The minimum absolute atomic E-state index is 0.120. The summed E-state index contributed by atoms with van der Waals surface area (Å²) in [6.07, 6.45) is 1.71. The Balaban J connectivity index is 1.69. The van der Waals surface area contributed by atoms with E-state index in [0.717, 1.165) is 34.2 Å². The average molecular weight is 525 g/mol.